The molecule has 1 atom stereocenters. The largest absolute Gasteiger partial charge is 0.379 e. The zero-order valence-corrected chi connectivity index (χ0v) is 13.4. The van der Waals surface area contributed by atoms with Crippen LogP contribution in [0.4, 0.5) is 0 Å². The quantitative estimate of drug-likeness (QED) is 0.837. The summed E-state index contributed by atoms with van der Waals surface area (Å²) in [4.78, 5) is 36.3. The Bertz CT molecular complexity index is 713. The van der Waals surface area contributed by atoms with Crippen LogP contribution in [0, 0.1) is 5.92 Å². The van der Waals surface area contributed by atoms with Crippen LogP contribution in [0.25, 0.3) is 0 Å². The third-order valence-corrected chi connectivity index (χ3v) is 4.07. The molecule has 1 aliphatic heterocycles. The number of aryl methyl sites for hydroxylation is 1. The van der Waals surface area contributed by atoms with Crippen LogP contribution >= 0.6 is 0 Å². The van der Waals surface area contributed by atoms with Gasteiger partial charge in [0.2, 0.25) is 5.91 Å². The van der Waals surface area contributed by atoms with Gasteiger partial charge in [-0.2, -0.15) is 0 Å². The van der Waals surface area contributed by atoms with Crippen LogP contribution in [-0.4, -0.2) is 56.6 Å². The number of hydrogen-bond acceptors (Lipinski definition) is 5. The van der Waals surface area contributed by atoms with Gasteiger partial charge < -0.3 is 19.2 Å². The summed E-state index contributed by atoms with van der Waals surface area (Å²) in [6.45, 7) is 2.95. The first-order valence-electron chi connectivity index (χ1n) is 8.05. The fraction of sp³-hybridized carbons (Fsp3) is 0.500. The first-order valence-corrected chi connectivity index (χ1v) is 8.05. The molecule has 8 heteroatoms. The van der Waals surface area contributed by atoms with E-state index < -0.39 is 0 Å². The van der Waals surface area contributed by atoms with Crippen molar-refractivity contribution >= 4 is 5.91 Å². The predicted molar refractivity (Wildman–Crippen MR) is 86.3 cm³/mol. The molecule has 1 N–H and O–H groups in total. The molecule has 0 radical (unpaired) electrons. The third-order valence-electron chi connectivity index (χ3n) is 4.07. The topological polar surface area (TPSA) is 93.1 Å². The Labute approximate surface area is 139 Å². The number of hydrogen-bond donors (Lipinski definition) is 1. The third kappa shape index (κ3) is 4.51. The highest BCUT2D eigenvalue weighted by Crippen LogP contribution is 2.13. The second-order valence-corrected chi connectivity index (χ2v) is 5.94. The molecule has 0 spiro atoms. The van der Waals surface area contributed by atoms with E-state index in [0.717, 1.165) is 5.69 Å². The molecule has 128 valence electrons. The van der Waals surface area contributed by atoms with Crippen molar-refractivity contribution in [2.24, 2.45) is 5.92 Å². The molecule has 1 unspecified atom stereocenters. The average Bonchev–Trinajstić information content (AvgIpc) is 2.98. The molecule has 3 heterocycles. The van der Waals surface area contributed by atoms with Crippen LogP contribution in [0.15, 0.2) is 35.9 Å². The number of carbonyl (C=O) groups excluding carboxylic acids is 1. The summed E-state index contributed by atoms with van der Waals surface area (Å²) in [6.07, 6.45) is 7.72. The van der Waals surface area contributed by atoms with E-state index in [4.69, 9.17) is 4.74 Å². The molecule has 1 saturated heterocycles. The van der Waals surface area contributed by atoms with Gasteiger partial charge in [0.05, 0.1) is 25.9 Å². The van der Waals surface area contributed by atoms with Gasteiger partial charge in [-0.05, 0) is 6.42 Å². The Balaban J connectivity index is 1.57. The molecule has 0 saturated carbocycles. The number of aromatic amines is 1. The monoisotopic (exact) mass is 331 g/mol. The smallest absolute Gasteiger partial charge is 0.250 e. The molecule has 1 amide bonds. The lowest BCUT2D eigenvalue weighted by atomic mass is 10.0. The number of imidazole rings is 1. The lowest BCUT2D eigenvalue weighted by Gasteiger charge is -2.23. The minimum Gasteiger partial charge on any atom is -0.379 e. The van der Waals surface area contributed by atoms with Gasteiger partial charge in [0, 0.05) is 56.1 Å². The van der Waals surface area contributed by atoms with E-state index in [9.17, 15) is 9.59 Å². The van der Waals surface area contributed by atoms with Crippen molar-refractivity contribution in [2.75, 3.05) is 26.3 Å². The van der Waals surface area contributed by atoms with E-state index in [-0.39, 0.29) is 17.4 Å². The van der Waals surface area contributed by atoms with Gasteiger partial charge in [-0.25, -0.2) is 9.97 Å². The standard InChI is InChI=1S/C16H21N5O3/c22-15-8-14(18-11-19-15)7-13-9-21(5-6-24-10-13)16(23)1-3-20-4-2-17-12-20/h2,4,8,11-13H,1,3,5-7,9-10H2,(H,18,19,22). The van der Waals surface area contributed by atoms with E-state index in [1.54, 1.807) is 12.5 Å². The number of aromatic nitrogens is 4. The molecule has 0 aromatic carbocycles. The average molecular weight is 331 g/mol. The fourth-order valence-corrected chi connectivity index (χ4v) is 2.85. The van der Waals surface area contributed by atoms with Crippen LogP contribution in [0.3, 0.4) is 0 Å². The summed E-state index contributed by atoms with van der Waals surface area (Å²) < 4.78 is 7.51. The van der Waals surface area contributed by atoms with Crippen LogP contribution in [0.1, 0.15) is 12.1 Å². The zero-order valence-electron chi connectivity index (χ0n) is 13.4. The Morgan fingerprint density at radius 2 is 2.38 bits per heavy atom. The number of ether oxygens (including phenoxy) is 1. The summed E-state index contributed by atoms with van der Waals surface area (Å²) in [5.74, 6) is 0.247. The van der Waals surface area contributed by atoms with Gasteiger partial charge in [-0.3, -0.25) is 9.59 Å². The number of rotatable bonds is 5. The van der Waals surface area contributed by atoms with Crippen molar-refractivity contribution in [2.45, 2.75) is 19.4 Å². The van der Waals surface area contributed by atoms with Gasteiger partial charge in [-0.15, -0.1) is 0 Å². The minimum atomic E-state index is -0.164. The van der Waals surface area contributed by atoms with Gasteiger partial charge in [-0.1, -0.05) is 0 Å². The highest BCUT2D eigenvalue weighted by Gasteiger charge is 2.23. The Morgan fingerprint density at radius 1 is 1.46 bits per heavy atom. The van der Waals surface area contributed by atoms with Crippen LogP contribution in [0.2, 0.25) is 0 Å². The highest BCUT2D eigenvalue weighted by atomic mass is 16.5. The lowest BCUT2D eigenvalue weighted by Crippen LogP contribution is -2.37. The maximum absolute atomic E-state index is 12.5. The van der Waals surface area contributed by atoms with Crippen molar-refractivity contribution in [3.8, 4) is 0 Å². The van der Waals surface area contributed by atoms with Crippen LogP contribution < -0.4 is 5.56 Å². The lowest BCUT2D eigenvalue weighted by molar-refractivity contribution is -0.131. The second kappa shape index (κ2) is 7.87. The molecule has 1 fully saturated rings. The number of H-pyrrole nitrogens is 1. The summed E-state index contributed by atoms with van der Waals surface area (Å²) in [7, 11) is 0. The molecule has 1 aliphatic rings. The summed E-state index contributed by atoms with van der Waals surface area (Å²) in [5, 5.41) is 0. The van der Waals surface area contributed by atoms with Gasteiger partial charge in [0.25, 0.3) is 5.56 Å². The summed E-state index contributed by atoms with van der Waals surface area (Å²) in [5.41, 5.74) is 0.558. The first kappa shape index (κ1) is 16.4. The maximum atomic E-state index is 12.5. The van der Waals surface area contributed by atoms with E-state index in [2.05, 4.69) is 15.0 Å². The van der Waals surface area contributed by atoms with Crippen LogP contribution in [-0.2, 0) is 22.5 Å². The second-order valence-electron chi connectivity index (χ2n) is 5.94. The number of amides is 1. The number of carbonyl (C=O) groups is 1. The zero-order chi connectivity index (χ0) is 16.8. The summed E-state index contributed by atoms with van der Waals surface area (Å²) >= 11 is 0. The van der Waals surface area contributed by atoms with Gasteiger partial charge in [0.1, 0.15) is 0 Å². The van der Waals surface area contributed by atoms with E-state index >= 15 is 0 Å². The molecule has 2 aromatic rings. The van der Waals surface area contributed by atoms with E-state index in [0.29, 0.717) is 45.7 Å². The van der Waals surface area contributed by atoms with Crippen molar-refractivity contribution in [1.29, 1.82) is 0 Å². The normalized spacial score (nSPS) is 18.3. The molecule has 0 aliphatic carbocycles. The molecular weight excluding hydrogens is 310 g/mol. The molecule has 2 aromatic heterocycles. The first-order chi connectivity index (χ1) is 11.7. The molecule has 8 nitrogen and oxygen atoms in total. The Kier molecular flexibility index (Phi) is 5.37. The van der Waals surface area contributed by atoms with Gasteiger partial charge >= 0.3 is 0 Å². The molecule has 24 heavy (non-hydrogen) atoms. The number of nitrogens with one attached hydrogen (secondary N) is 1. The van der Waals surface area contributed by atoms with E-state index in [1.165, 1.54) is 12.4 Å². The Morgan fingerprint density at radius 3 is 3.17 bits per heavy atom. The fourth-order valence-electron chi connectivity index (χ4n) is 2.85. The van der Waals surface area contributed by atoms with Crippen LogP contribution in [0.5, 0.6) is 0 Å². The van der Waals surface area contributed by atoms with Gasteiger partial charge in [0.15, 0.2) is 0 Å². The SMILES string of the molecule is O=C(CCn1ccnc1)N1CCOCC(Cc2cc(=O)[nH]cn2)C1. The highest BCUT2D eigenvalue weighted by molar-refractivity contribution is 5.76. The van der Waals surface area contributed by atoms with Crippen molar-refractivity contribution < 1.29 is 9.53 Å². The van der Waals surface area contributed by atoms with Crippen molar-refractivity contribution in [1.82, 2.24) is 24.4 Å². The Hall–Kier alpha value is -2.48. The molecule has 0 bridgehead atoms. The maximum Gasteiger partial charge on any atom is 0.250 e. The molecule has 3 rings (SSSR count). The minimum absolute atomic E-state index is 0.109. The number of nitrogens with zero attached hydrogens (tertiary/aromatic N) is 4. The molecular formula is C16H21N5O3. The van der Waals surface area contributed by atoms with Crippen molar-refractivity contribution in [3.63, 3.8) is 0 Å². The van der Waals surface area contributed by atoms with E-state index in [1.807, 2.05) is 15.7 Å². The summed E-state index contributed by atoms with van der Waals surface area (Å²) in [6, 6.07) is 1.50. The predicted octanol–water partition coefficient (Wildman–Crippen LogP) is 0.0742. The van der Waals surface area contributed by atoms with Crippen molar-refractivity contribution in [3.05, 3.63) is 47.2 Å².